The molecule has 2 aromatic carbocycles. The van der Waals surface area contributed by atoms with Gasteiger partial charge in [-0.15, -0.1) is 0 Å². The predicted octanol–water partition coefficient (Wildman–Crippen LogP) is 4.89. The fraction of sp³-hybridized carbons (Fsp3) is 0.292. The van der Waals surface area contributed by atoms with Crippen LogP contribution in [0, 0.1) is 6.92 Å². The lowest BCUT2D eigenvalue weighted by Gasteiger charge is -2.34. The second-order valence-electron chi connectivity index (χ2n) is 7.54. The number of benzene rings is 2. The Labute approximate surface area is 185 Å². The summed E-state index contributed by atoms with van der Waals surface area (Å²) in [6.45, 7) is 6.42. The summed E-state index contributed by atoms with van der Waals surface area (Å²) < 4.78 is 12.4. The van der Waals surface area contributed by atoms with Gasteiger partial charge in [0.2, 0.25) is 0 Å². The zero-order valence-corrected chi connectivity index (χ0v) is 18.6. The highest BCUT2D eigenvalue weighted by atomic mass is 79.9. The van der Waals surface area contributed by atoms with Crippen LogP contribution in [0.3, 0.4) is 0 Å². The van der Waals surface area contributed by atoms with Gasteiger partial charge in [0.25, 0.3) is 5.91 Å². The Kier molecular flexibility index (Phi) is 6.55. The molecule has 0 aliphatic carbocycles. The smallest absolute Gasteiger partial charge is 0.289 e. The fourth-order valence-electron chi connectivity index (χ4n) is 3.50. The van der Waals surface area contributed by atoms with Crippen molar-refractivity contribution in [3.63, 3.8) is 0 Å². The Morgan fingerprint density at radius 3 is 2.47 bits per heavy atom. The van der Waals surface area contributed by atoms with E-state index in [0.717, 1.165) is 29.9 Å². The summed E-state index contributed by atoms with van der Waals surface area (Å²) in [4.78, 5) is 17.1. The molecular formula is C24H25BrN2O3. The molecule has 5 nitrogen and oxygen atoms in total. The number of halogens is 1. The van der Waals surface area contributed by atoms with Gasteiger partial charge in [0.1, 0.15) is 18.1 Å². The largest absolute Gasteiger partial charge is 0.484 e. The van der Waals surface area contributed by atoms with Crippen molar-refractivity contribution in [2.24, 2.45) is 0 Å². The number of amides is 1. The van der Waals surface area contributed by atoms with Gasteiger partial charge < -0.3 is 14.1 Å². The van der Waals surface area contributed by atoms with Crippen LogP contribution in [0.15, 0.2) is 69.6 Å². The monoisotopic (exact) mass is 468 g/mol. The Balaban J connectivity index is 1.28. The number of rotatable bonds is 6. The molecule has 156 valence electrons. The van der Waals surface area contributed by atoms with Crippen LogP contribution in [0.25, 0.3) is 0 Å². The zero-order valence-electron chi connectivity index (χ0n) is 17.0. The summed E-state index contributed by atoms with van der Waals surface area (Å²) in [5.74, 6) is 1.68. The first kappa shape index (κ1) is 20.7. The van der Waals surface area contributed by atoms with Crippen molar-refractivity contribution in [2.45, 2.75) is 20.1 Å². The molecule has 0 radical (unpaired) electrons. The summed E-state index contributed by atoms with van der Waals surface area (Å²) in [6, 6.07) is 19.8. The maximum Gasteiger partial charge on any atom is 0.289 e. The average molecular weight is 469 g/mol. The van der Waals surface area contributed by atoms with E-state index < -0.39 is 0 Å². The number of hydrogen-bond acceptors (Lipinski definition) is 4. The minimum atomic E-state index is -0.0582. The molecule has 30 heavy (non-hydrogen) atoms. The van der Waals surface area contributed by atoms with Crippen molar-refractivity contribution in [3.8, 4) is 5.75 Å². The molecule has 0 bridgehead atoms. The molecule has 1 amide bonds. The van der Waals surface area contributed by atoms with Gasteiger partial charge >= 0.3 is 0 Å². The fourth-order valence-corrected chi connectivity index (χ4v) is 3.90. The molecule has 0 atom stereocenters. The van der Waals surface area contributed by atoms with E-state index in [1.807, 2.05) is 29.2 Å². The highest BCUT2D eigenvalue weighted by Crippen LogP contribution is 2.25. The summed E-state index contributed by atoms with van der Waals surface area (Å²) >= 11 is 3.46. The first-order valence-corrected chi connectivity index (χ1v) is 10.9. The van der Waals surface area contributed by atoms with Crippen LogP contribution in [0.5, 0.6) is 5.75 Å². The number of aryl methyl sites for hydroxylation is 1. The lowest BCUT2D eigenvalue weighted by atomic mass is 10.1. The van der Waals surface area contributed by atoms with Gasteiger partial charge in [0.15, 0.2) is 5.76 Å². The molecule has 1 aliphatic rings. The van der Waals surface area contributed by atoms with Gasteiger partial charge in [0, 0.05) is 32.7 Å². The number of furan rings is 1. The van der Waals surface area contributed by atoms with Crippen molar-refractivity contribution in [1.29, 1.82) is 0 Å². The molecular weight excluding hydrogens is 444 g/mol. The van der Waals surface area contributed by atoms with Crippen LogP contribution < -0.4 is 4.74 Å². The molecule has 0 unspecified atom stereocenters. The van der Waals surface area contributed by atoms with Gasteiger partial charge in [-0.1, -0.05) is 42.0 Å². The number of carbonyl (C=O) groups excluding carboxylic acids is 1. The highest BCUT2D eigenvalue weighted by Gasteiger charge is 2.24. The lowest BCUT2D eigenvalue weighted by Crippen LogP contribution is -2.48. The molecule has 1 aromatic heterocycles. The molecule has 0 spiro atoms. The minimum Gasteiger partial charge on any atom is -0.484 e. The molecule has 6 heteroatoms. The quantitative estimate of drug-likeness (QED) is 0.516. The number of para-hydroxylation sites is 1. The van der Waals surface area contributed by atoms with Crippen LogP contribution in [-0.2, 0) is 13.2 Å². The normalized spacial score (nSPS) is 14.7. The van der Waals surface area contributed by atoms with Crippen molar-refractivity contribution in [2.75, 3.05) is 26.2 Å². The van der Waals surface area contributed by atoms with Crippen molar-refractivity contribution in [1.82, 2.24) is 9.80 Å². The van der Waals surface area contributed by atoms with Crippen LogP contribution in [0.4, 0.5) is 0 Å². The second-order valence-corrected chi connectivity index (χ2v) is 8.39. The Bertz CT molecular complexity index is 992. The minimum absolute atomic E-state index is 0.0582. The van der Waals surface area contributed by atoms with Crippen LogP contribution in [0.1, 0.15) is 27.4 Å². The van der Waals surface area contributed by atoms with Crippen molar-refractivity contribution in [3.05, 3.63) is 87.8 Å². The Hall–Kier alpha value is -2.57. The first-order chi connectivity index (χ1) is 14.6. The van der Waals surface area contributed by atoms with E-state index in [0.29, 0.717) is 24.6 Å². The van der Waals surface area contributed by atoms with Crippen molar-refractivity contribution >= 4 is 21.8 Å². The maximum absolute atomic E-state index is 12.8. The topological polar surface area (TPSA) is 45.9 Å². The zero-order chi connectivity index (χ0) is 20.9. The van der Waals surface area contributed by atoms with Crippen LogP contribution >= 0.6 is 15.9 Å². The summed E-state index contributed by atoms with van der Waals surface area (Å²) in [5.41, 5.74) is 2.58. The van der Waals surface area contributed by atoms with Crippen LogP contribution in [-0.4, -0.2) is 41.9 Å². The van der Waals surface area contributed by atoms with E-state index in [4.69, 9.17) is 9.15 Å². The molecule has 1 saturated heterocycles. The maximum atomic E-state index is 12.8. The molecule has 3 aromatic rings. The average Bonchev–Trinajstić information content (AvgIpc) is 3.24. The van der Waals surface area contributed by atoms with E-state index in [1.165, 1.54) is 11.1 Å². The summed E-state index contributed by atoms with van der Waals surface area (Å²) in [5, 5.41) is 0. The SMILES string of the molecule is Cc1ccc(CN2CCN(C(=O)c3ccc(COc4ccccc4Br)o3)CC2)cc1. The van der Waals surface area contributed by atoms with Gasteiger partial charge in [-0.2, -0.15) is 0 Å². The standard InChI is InChI=1S/C24H25BrN2O3/c1-18-6-8-19(9-7-18)16-26-12-14-27(15-13-26)24(28)23-11-10-20(30-23)17-29-22-5-3-2-4-21(22)25/h2-11H,12-17H2,1H3. The molecule has 1 fully saturated rings. The molecule has 4 rings (SSSR count). The van der Waals surface area contributed by atoms with Gasteiger partial charge in [0.05, 0.1) is 4.47 Å². The predicted molar refractivity (Wildman–Crippen MR) is 120 cm³/mol. The van der Waals surface area contributed by atoms with E-state index in [9.17, 15) is 4.79 Å². The summed E-state index contributed by atoms with van der Waals surface area (Å²) in [6.07, 6.45) is 0. The van der Waals surface area contributed by atoms with Crippen LogP contribution in [0.2, 0.25) is 0 Å². The molecule has 2 heterocycles. The number of hydrogen-bond donors (Lipinski definition) is 0. The van der Waals surface area contributed by atoms with E-state index in [1.54, 1.807) is 12.1 Å². The number of carbonyl (C=O) groups is 1. The van der Waals surface area contributed by atoms with E-state index in [-0.39, 0.29) is 12.5 Å². The van der Waals surface area contributed by atoms with E-state index in [2.05, 4.69) is 52.0 Å². The Morgan fingerprint density at radius 2 is 1.73 bits per heavy atom. The lowest BCUT2D eigenvalue weighted by molar-refractivity contribution is 0.0594. The van der Waals surface area contributed by atoms with Gasteiger partial charge in [-0.3, -0.25) is 9.69 Å². The third-order valence-corrected chi connectivity index (χ3v) is 5.92. The molecule has 0 N–H and O–H groups in total. The summed E-state index contributed by atoms with van der Waals surface area (Å²) in [7, 11) is 0. The number of ether oxygens (including phenoxy) is 1. The van der Waals surface area contributed by atoms with Crippen molar-refractivity contribution < 1.29 is 13.9 Å². The third-order valence-electron chi connectivity index (χ3n) is 5.27. The number of piperazine rings is 1. The third kappa shape index (κ3) is 5.12. The molecule has 1 aliphatic heterocycles. The Morgan fingerprint density at radius 1 is 1.00 bits per heavy atom. The van der Waals surface area contributed by atoms with Gasteiger partial charge in [-0.05, 0) is 52.7 Å². The van der Waals surface area contributed by atoms with Gasteiger partial charge in [-0.25, -0.2) is 0 Å². The number of nitrogens with zero attached hydrogens (tertiary/aromatic N) is 2. The van der Waals surface area contributed by atoms with E-state index >= 15 is 0 Å². The molecule has 0 saturated carbocycles. The first-order valence-electron chi connectivity index (χ1n) is 10.1. The second kappa shape index (κ2) is 9.49. The highest BCUT2D eigenvalue weighted by molar-refractivity contribution is 9.10.